The summed E-state index contributed by atoms with van der Waals surface area (Å²) in [6.07, 6.45) is 6.11. The number of hydrogen-bond acceptors (Lipinski definition) is 6. The van der Waals surface area contributed by atoms with E-state index < -0.39 is 0 Å². The predicted molar refractivity (Wildman–Crippen MR) is 119 cm³/mol. The van der Waals surface area contributed by atoms with Gasteiger partial charge in [0.15, 0.2) is 0 Å². The lowest BCUT2D eigenvalue weighted by Gasteiger charge is -2.48. The number of amides is 1. The monoisotopic (exact) mass is 431 g/mol. The summed E-state index contributed by atoms with van der Waals surface area (Å²) in [5, 5.41) is 5.35. The second-order valence-electron chi connectivity index (χ2n) is 7.83. The highest BCUT2D eigenvalue weighted by molar-refractivity contribution is 7.98. The average Bonchev–Trinajstić information content (AvgIpc) is 3.31. The van der Waals surface area contributed by atoms with E-state index in [0.717, 1.165) is 67.6 Å². The third kappa shape index (κ3) is 5.20. The number of ether oxygens (including phenoxy) is 1. The standard InChI is InChI=1S/C22H29N3O2S2/c26-21(19-6-2-3-7-20(19)29-15-18-14-28-17-24-18)23-16-22(8-4-1-5-9-22)25-10-12-27-13-11-25/h2-3,6-7,14,17H,1,4-5,8-13,15-16H2,(H,23,26). The Morgan fingerprint density at radius 2 is 2.00 bits per heavy atom. The summed E-state index contributed by atoms with van der Waals surface area (Å²) < 4.78 is 5.57. The van der Waals surface area contributed by atoms with E-state index in [1.807, 2.05) is 29.8 Å². The van der Waals surface area contributed by atoms with Crippen LogP contribution in [0.5, 0.6) is 0 Å². The number of carbonyl (C=O) groups is 1. The van der Waals surface area contributed by atoms with Crippen molar-refractivity contribution in [3.63, 3.8) is 0 Å². The summed E-state index contributed by atoms with van der Waals surface area (Å²) in [7, 11) is 0. The molecule has 2 aromatic rings. The first kappa shape index (κ1) is 20.8. The molecule has 0 spiro atoms. The van der Waals surface area contributed by atoms with Gasteiger partial charge in [-0.2, -0.15) is 0 Å². The zero-order valence-electron chi connectivity index (χ0n) is 16.8. The number of aromatic nitrogens is 1. The summed E-state index contributed by atoms with van der Waals surface area (Å²) >= 11 is 3.28. The lowest BCUT2D eigenvalue weighted by atomic mass is 9.79. The molecule has 1 aromatic carbocycles. The molecule has 156 valence electrons. The number of morpholine rings is 1. The summed E-state index contributed by atoms with van der Waals surface area (Å²) in [6.45, 7) is 4.25. The quantitative estimate of drug-likeness (QED) is 0.666. The molecule has 7 heteroatoms. The molecule has 1 N–H and O–H groups in total. The molecule has 0 bridgehead atoms. The lowest BCUT2D eigenvalue weighted by Crippen LogP contribution is -2.59. The molecule has 1 saturated carbocycles. The van der Waals surface area contributed by atoms with Crippen LogP contribution < -0.4 is 5.32 Å². The van der Waals surface area contributed by atoms with Crippen molar-refractivity contribution >= 4 is 29.0 Å². The Kier molecular flexibility index (Phi) is 7.24. The van der Waals surface area contributed by atoms with Crippen molar-refractivity contribution in [1.82, 2.24) is 15.2 Å². The van der Waals surface area contributed by atoms with Gasteiger partial charge in [0.2, 0.25) is 0 Å². The topological polar surface area (TPSA) is 54.5 Å². The van der Waals surface area contributed by atoms with Crippen LogP contribution in [0.1, 0.15) is 48.2 Å². The number of rotatable bonds is 7. The fraction of sp³-hybridized carbons (Fsp3) is 0.545. The van der Waals surface area contributed by atoms with Gasteiger partial charge < -0.3 is 10.1 Å². The third-order valence-corrected chi connectivity index (χ3v) is 7.78. The van der Waals surface area contributed by atoms with Gasteiger partial charge in [-0.25, -0.2) is 4.98 Å². The summed E-state index contributed by atoms with van der Waals surface area (Å²) in [4.78, 5) is 21.0. The number of hydrogen-bond donors (Lipinski definition) is 1. The maximum absolute atomic E-state index is 13.1. The molecule has 2 fully saturated rings. The summed E-state index contributed by atoms with van der Waals surface area (Å²) in [5.41, 5.74) is 3.76. The minimum absolute atomic E-state index is 0.0320. The molecule has 29 heavy (non-hydrogen) atoms. The zero-order chi connectivity index (χ0) is 19.9. The molecule has 4 rings (SSSR count). The molecule has 1 aliphatic carbocycles. The number of carbonyl (C=O) groups excluding carboxylic acids is 1. The van der Waals surface area contributed by atoms with Crippen molar-refractivity contribution in [1.29, 1.82) is 0 Å². The van der Waals surface area contributed by atoms with Crippen LogP contribution in [0.15, 0.2) is 40.1 Å². The highest BCUT2D eigenvalue weighted by atomic mass is 32.2. The molecule has 0 unspecified atom stereocenters. The van der Waals surface area contributed by atoms with Crippen molar-refractivity contribution in [3.8, 4) is 0 Å². The Hall–Kier alpha value is -1.41. The molecular formula is C22H29N3O2S2. The minimum atomic E-state index is 0.0320. The van der Waals surface area contributed by atoms with Crippen molar-refractivity contribution in [2.45, 2.75) is 48.3 Å². The van der Waals surface area contributed by atoms with Gasteiger partial charge in [0.25, 0.3) is 5.91 Å². The van der Waals surface area contributed by atoms with Crippen molar-refractivity contribution in [3.05, 3.63) is 46.4 Å². The first-order valence-corrected chi connectivity index (χ1v) is 12.4. The molecule has 0 atom stereocenters. The molecule has 0 radical (unpaired) electrons. The minimum Gasteiger partial charge on any atom is -0.379 e. The molecular weight excluding hydrogens is 402 g/mol. The number of thiazole rings is 1. The van der Waals surface area contributed by atoms with Crippen LogP contribution in [0.2, 0.25) is 0 Å². The Balaban J connectivity index is 1.42. The van der Waals surface area contributed by atoms with Crippen LogP contribution in [-0.2, 0) is 10.5 Å². The van der Waals surface area contributed by atoms with Gasteiger partial charge >= 0.3 is 0 Å². The molecule has 1 aromatic heterocycles. The fourth-order valence-corrected chi connectivity index (χ4v) is 6.05. The highest BCUT2D eigenvalue weighted by Crippen LogP contribution is 2.34. The Morgan fingerprint density at radius 3 is 2.76 bits per heavy atom. The zero-order valence-corrected chi connectivity index (χ0v) is 18.4. The second-order valence-corrected chi connectivity index (χ2v) is 9.57. The van der Waals surface area contributed by atoms with Crippen LogP contribution in [0.4, 0.5) is 0 Å². The number of nitrogens with one attached hydrogen (secondary N) is 1. The van der Waals surface area contributed by atoms with Crippen LogP contribution in [0, 0.1) is 0 Å². The van der Waals surface area contributed by atoms with Crippen LogP contribution in [-0.4, -0.2) is 54.2 Å². The Morgan fingerprint density at radius 1 is 1.21 bits per heavy atom. The van der Waals surface area contributed by atoms with E-state index in [1.165, 1.54) is 19.3 Å². The van der Waals surface area contributed by atoms with E-state index in [2.05, 4.69) is 20.6 Å². The van der Waals surface area contributed by atoms with Gasteiger partial charge in [0, 0.05) is 41.2 Å². The van der Waals surface area contributed by atoms with Gasteiger partial charge in [-0.05, 0) is 25.0 Å². The van der Waals surface area contributed by atoms with Crippen molar-refractivity contribution in [2.75, 3.05) is 32.8 Å². The smallest absolute Gasteiger partial charge is 0.252 e. The average molecular weight is 432 g/mol. The molecule has 5 nitrogen and oxygen atoms in total. The first-order valence-electron chi connectivity index (χ1n) is 10.5. The van der Waals surface area contributed by atoms with Gasteiger partial charge in [-0.15, -0.1) is 23.1 Å². The Bertz CT molecular complexity index is 785. The third-order valence-electron chi connectivity index (χ3n) is 6.03. The van der Waals surface area contributed by atoms with E-state index in [4.69, 9.17) is 4.74 Å². The first-order chi connectivity index (χ1) is 14.3. The number of nitrogens with zero attached hydrogens (tertiary/aromatic N) is 2. The van der Waals surface area contributed by atoms with E-state index in [-0.39, 0.29) is 11.4 Å². The van der Waals surface area contributed by atoms with Crippen LogP contribution in [0.3, 0.4) is 0 Å². The maximum atomic E-state index is 13.1. The number of benzene rings is 1. The van der Waals surface area contributed by atoms with Crippen molar-refractivity contribution < 1.29 is 9.53 Å². The van der Waals surface area contributed by atoms with E-state index in [1.54, 1.807) is 23.1 Å². The summed E-state index contributed by atoms with van der Waals surface area (Å²) in [6, 6.07) is 7.90. The maximum Gasteiger partial charge on any atom is 0.252 e. The molecule has 1 saturated heterocycles. The molecule has 2 aliphatic rings. The second kappa shape index (κ2) is 10.1. The Labute approximate surface area is 181 Å². The van der Waals surface area contributed by atoms with Crippen LogP contribution in [0.25, 0.3) is 0 Å². The lowest BCUT2D eigenvalue weighted by molar-refractivity contribution is -0.0361. The fourth-order valence-electron chi connectivity index (χ4n) is 4.43. The van der Waals surface area contributed by atoms with E-state index in [0.29, 0.717) is 0 Å². The number of thioether (sulfide) groups is 1. The normalized spacial score (nSPS) is 19.7. The molecule has 1 amide bonds. The van der Waals surface area contributed by atoms with Gasteiger partial charge in [0.05, 0.1) is 30.0 Å². The van der Waals surface area contributed by atoms with Gasteiger partial charge in [0.1, 0.15) is 0 Å². The molecule has 2 heterocycles. The van der Waals surface area contributed by atoms with Crippen molar-refractivity contribution in [2.24, 2.45) is 0 Å². The van der Waals surface area contributed by atoms with E-state index in [9.17, 15) is 4.79 Å². The SMILES string of the molecule is O=C(NCC1(N2CCOCC2)CCCCC1)c1ccccc1SCc1cscn1. The van der Waals surface area contributed by atoms with Crippen LogP contribution >= 0.6 is 23.1 Å². The summed E-state index contributed by atoms with van der Waals surface area (Å²) in [5.74, 6) is 0.815. The van der Waals surface area contributed by atoms with Gasteiger partial charge in [-0.3, -0.25) is 9.69 Å². The van der Waals surface area contributed by atoms with E-state index >= 15 is 0 Å². The van der Waals surface area contributed by atoms with Gasteiger partial charge in [-0.1, -0.05) is 31.4 Å². The predicted octanol–water partition coefficient (Wildman–Crippen LogP) is 4.20. The highest BCUT2D eigenvalue weighted by Gasteiger charge is 2.38. The largest absolute Gasteiger partial charge is 0.379 e. The molecule has 1 aliphatic heterocycles.